The lowest BCUT2D eigenvalue weighted by Crippen LogP contribution is -2.12. The van der Waals surface area contributed by atoms with Gasteiger partial charge in [0, 0.05) is 4.90 Å². The van der Waals surface area contributed by atoms with Crippen LogP contribution in [0.3, 0.4) is 0 Å². The summed E-state index contributed by atoms with van der Waals surface area (Å²) in [7, 11) is 0. The van der Waals surface area contributed by atoms with Gasteiger partial charge in [-0.1, -0.05) is 25.1 Å². The Morgan fingerprint density at radius 1 is 1.11 bits per heavy atom. The molecule has 0 aromatic heterocycles. The average molecular weight is 275 g/mol. The van der Waals surface area contributed by atoms with Crippen LogP contribution in [0, 0.1) is 12.7 Å². The molecule has 2 aromatic carbocycles. The van der Waals surface area contributed by atoms with Crippen molar-refractivity contribution in [2.75, 3.05) is 5.75 Å². The number of nitrogens with two attached hydrogens (primary N) is 1. The van der Waals surface area contributed by atoms with Crippen molar-refractivity contribution < 1.29 is 4.39 Å². The standard InChI is InChI=1S/C16H18FNS/c1-3-19-15-6-4-12(5-7-15)16(18)13-8-11(2)9-14(17)10-13/h4-10,16H,3,18H2,1-2H3. The average Bonchev–Trinajstić information content (AvgIpc) is 2.38. The third kappa shape index (κ3) is 3.58. The van der Waals surface area contributed by atoms with Crippen LogP contribution in [0.1, 0.15) is 29.7 Å². The zero-order valence-electron chi connectivity index (χ0n) is 11.2. The number of aryl methyl sites for hydroxylation is 1. The number of halogens is 1. The molecule has 1 unspecified atom stereocenters. The molecule has 1 nitrogen and oxygen atoms in total. The largest absolute Gasteiger partial charge is 0.320 e. The van der Waals surface area contributed by atoms with E-state index in [1.807, 2.05) is 25.1 Å². The van der Waals surface area contributed by atoms with Crippen LogP contribution in [0.25, 0.3) is 0 Å². The molecule has 0 aliphatic heterocycles. The first-order valence-corrected chi connectivity index (χ1v) is 7.34. The van der Waals surface area contributed by atoms with Crippen LogP contribution < -0.4 is 5.73 Å². The number of hydrogen-bond donors (Lipinski definition) is 1. The lowest BCUT2D eigenvalue weighted by Gasteiger charge is -2.14. The maximum atomic E-state index is 13.4. The Balaban J connectivity index is 2.25. The van der Waals surface area contributed by atoms with Crippen molar-refractivity contribution in [3.63, 3.8) is 0 Å². The minimum absolute atomic E-state index is 0.233. The molecule has 0 saturated carbocycles. The number of rotatable bonds is 4. The predicted octanol–water partition coefficient (Wildman–Crippen LogP) is 4.29. The summed E-state index contributed by atoms with van der Waals surface area (Å²) in [4.78, 5) is 1.23. The van der Waals surface area contributed by atoms with E-state index in [2.05, 4.69) is 19.1 Å². The Bertz CT molecular complexity index is 531. The van der Waals surface area contributed by atoms with Crippen LogP contribution in [0.15, 0.2) is 47.4 Å². The Morgan fingerprint density at radius 3 is 2.37 bits per heavy atom. The van der Waals surface area contributed by atoms with E-state index in [0.717, 1.165) is 22.4 Å². The quantitative estimate of drug-likeness (QED) is 0.842. The van der Waals surface area contributed by atoms with Crippen molar-refractivity contribution in [3.8, 4) is 0 Å². The van der Waals surface area contributed by atoms with Crippen molar-refractivity contribution in [3.05, 3.63) is 65.0 Å². The van der Waals surface area contributed by atoms with E-state index in [4.69, 9.17) is 5.73 Å². The van der Waals surface area contributed by atoms with E-state index >= 15 is 0 Å². The number of benzene rings is 2. The Labute approximate surface area is 118 Å². The van der Waals surface area contributed by atoms with Crippen LogP contribution >= 0.6 is 11.8 Å². The highest BCUT2D eigenvalue weighted by Gasteiger charge is 2.10. The second-order valence-corrected chi connectivity index (χ2v) is 5.88. The highest BCUT2D eigenvalue weighted by atomic mass is 32.2. The lowest BCUT2D eigenvalue weighted by atomic mass is 9.98. The molecule has 0 radical (unpaired) electrons. The summed E-state index contributed by atoms with van der Waals surface area (Å²) in [5, 5.41) is 0. The highest BCUT2D eigenvalue weighted by Crippen LogP contribution is 2.24. The van der Waals surface area contributed by atoms with Crippen LogP contribution in [-0.2, 0) is 0 Å². The smallest absolute Gasteiger partial charge is 0.123 e. The number of thioether (sulfide) groups is 1. The molecule has 0 spiro atoms. The summed E-state index contributed by atoms with van der Waals surface area (Å²) >= 11 is 1.80. The first kappa shape index (κ1) is 14.1. The van der Waals surface area contributed by atoms with Gasteiger partial charge in [-0.2, -0.15) is 0 Å². The molecule has 0 fully saturated rings. The van der Waals surface area contributed by atoms with Gasteiger partial charge in [0.15, 0.2) is 0 Å². The Kier molecular flexibility index (Phi) is 4.61. The molecule has 2 aromatic rings. The minimum Gasteiger partial charge on any atom is -0.320 e. The van der Waals surface area contributed by atoms with Crippen molar-refractivity contribution in [2.24, 2.45) is 5.73 Å². The highest BCUT2D eigenvalue weighted by molar-refractivity contribution is 7.99. The van der Waals surface area contributed by atoms with Crippen LogP contribution in [0.5, 0.6) is 0 Å². The zero-order chi connectivity index (χ0) is 13.8. The van der Waals surface area contributed by atoms with E-state index in [9.17, 15) is 4.39 Å². The first-order chi connectivity index (χ1) is 9.10. The van der Waals surface area contributed by atoms with E-state index in [1.54, 1.807) is 11.8 Å². The summed E-state index contributed by atoms with van der Waals surface area (Å²) < 4.78 is 13.4. The molecule has 2 N–H and O–H groups in total. The Hall–Kier alpha value is -1.32. The van der Waals surface area contributed by atoms with Gasteiger partial charge in [-0.05, 0) is 53.6 Å². The van der Waals surface area contributed by atoms with Gasteiger partial charge >= 0.3 is 0 Å². The van der Waals surface area contributed by atoms with Gasteiger partial charge < -0.3 is 5.73 Å². The van der Waals surface area contributed by atoms with Crippen LogP contribution in [0.2, 0.25) is 0 Å². The fourth-order valence-corrected chi connectivity index (χ4v) is 2.74. The topological polar surface area (TPSA) is 26.0 Å². The molecule has 3 heteroatoms. The molecule has 100 valence electrons. The second kappa shape index (κ2) is 6.22. The summed E-state index contributed by atoms with van der Waals surface area (Å²) in [5.41, 5.74) is 8.92. The Morgan fingerprint density at radius 2 is 1.79 bits per heavy atom. The van der Waals surface area contributed by atoms with Gasteiger partial charge in [0.05, 0.1) is 6.04 Å². The number of hydrogen-bond acceptors (Lipinski definition) is 2. The molecule has 0 saturated heterocycles. The van der Waals surface area contributed by atoms with Gasteiger partial charge in [-0.25, -0.2) is 4.39 Å². The van der Waals surface area contributed by atoms with Gasteiger partial charge in [0.2, 0.25) is 0 Å². The van der Waals surface area contributed by atoms with E-state index < -0.39 is 0 Å². The zero-order valence-corrected chi connectivity index (χ0v) is 12.0. The fourth-order valence-electron chi connectivity index (χ4n) is 2.07. The molecule has 0 aliphatic carbocycles. The molecule has 0 aliphatic rings. The van der Waals surface area contributed by atoms with Gasteiger partial charge in [-0.3, -0.25) is 0 Å². The third-order valence-corrected chi connectivity index (χ3v) is 3.87. The molecule has 0 amide bonds. The molecule has 2 rings (SSSR count). The molecule has 0 bridgehead atoms. The van der Waals surface area contributed by atoms with Crippen molar-refractivity contribution in [1.29, 1.82) is 0 Å². The normalized spacial score (nSPS) is 12.4. The van der Waals surface area contributed by atoms with E-state index in [0.29, 0.717) is 0 Å². The second-order valence-electron chi connectivity index (χ2n) is 4.54. The first-order valence-electron chi connectivity index (χ1n) is 6.35. The van der Waals surface area contributed by atoms with Gasteiger partial charge in [0.25, 0.3) is 0 Å². The molecule has 0 heterocycles. The predicted molar refractivity (Wildman–Crippen MR) is 80.0 cm³/mol. The van der Waals surface area contributed by atoms with Gasteiger partial charge in [-0.15, -0.1) is 11.8 Å². The van der Waals surface area contributed by atoms with Crippen LogP contribution in [-0.4, -0.2) is 5.75 Å². The monoisotopic (exact) mass is 275 g/mol. The van der Waals surface area contributed by atoms with Gasteiger partial charge in [0.1, 0.15) is 5.82 Å². The molecule has 1 atom stereocenters. The van der Waals surface area contributed by atoms with Crippen molar-refractivity contribution in [1.82, 2.24) is 0 Å². The van der Waals surface area contributed by atoms with E-state index in [-0.39, 0.29) is 11.9 Å². The summed E-state index contributed by atoms with van der Waals surface area (Å²) in [6, 6.07) is 12.8. The van der Waals surface area contributed by atoms with E-state index in [1.165, 1.54) is 17.0 Å². The minimum atomic E-state index is -0.282. The maximum Gasteiger partial charge on any atom is 0.123 e. The maximum absolute atomic E-state index is 13.4. The van der Waals surface area contributed by atoms with Crippen LogP contribution in [0.4, 0.5) is 4.39 Å². The third-order valence-electron chi connectivity index (χ3n) is 2.97. The molecular weight excluding hydrogens is 257 g/mol. The van der Waals surface area contributed by atoms with Crippen molar-refractivity contribution in [2.45, 2.75) is 24.8 Å². The summed E-state index contributed by atoms with van der Waals surface area (Å²) in [6.45, 7) is 4.00. The SMILES string of the molecule is CCSc1ccc(C(N)c2cc(C)cc(F)c2)cc1. The molecule has 19 heavy (non-hydrogen) atoms. The summed E-state index contributed by atoms with van der Waals surface area (Å²) in [5.74, 6) is 0.817. The fraction of sp³-hybridized carbons (Fsp3) is 0.250. The van der Waals surface area contributed by atoms with Crippen molar-refractivity contribution >= 4 is 11.8 Å². The lowest BCUT2D eigenvalue weighted by molar-refractivity contribution is 0.622. The molecular formula is C16H18FNS. The summed E-state index contributed by atoms with van der Waals surface area (Å²) in [6.07, 6.45) is 0.